The number of rotatable bonds is 2. The quantitative estimate of drug-likeness (QED) is 0.799. The molecule has 0 bridgehead atoms. The number of piperidine rings is 1. The molecule has 0 atom stereocenters. The monoisotopic (exact) mass is 247 g/mol. The largest absolute Gasteiger partial charge is 0.341 e. The molecule has 0 saturated carbocycles. The number of hydrogen-bond donors (Lipinski definition) is 0. The molecule has 1 aliphatic heterocycles. The lowest BCUT2D eigenvalue weighted by atomic mass is 9.99. The van der Waals surface area contributed by atoms with Crippen LogP contribution in [0.2, 0.25) is 0 Å². The summed E-state index contributed by atoms with van der Waals surface area (Å²) in [5.41, 5.74) is 2.57. The Labute approximate surface area is 108 Å². The molecule has 0 radical (unpaired) electrons. The molecule has 1 fully saturated rings. The molecular formula is C14H21N3O. The Bertz CT molecular complexity index is 409. The Hall–Kier alpha value is -1.32. The maximum absolute atomic E-state index is 12.1. The number of hydrogen-bond acceptors (Lipinski definition) is 2. The van der Waals surface area contributed by atoms with Crippen molar-refractivity contribution in [1.29, 1.82) is 0 Å². The molecule has 4 nitrogen and oxygen atoms in total. The number of nitrogens with zero attached hydrogens (tertiary/aromatic N) is 3. The van der Waals surface area contributed by atoms with Crippen molar-refractivity contribution in [2.24, 2.45) is 0 Å². The minimum atomic E-state index is 0.231. The first-order chi connectivity index (χ1) is 8.83. The van der Waals surface area contributed by atoms with Crippen molar-refractivity contribution in [3.05, 3.63) is 17.5 Å². The SMILES string of the molecule is O=C(Cn1cc2c(n1)CCCC2)N1CCCCC1. The third-order valence-corrected chi connectivity index (χ3v) is 4.04. The molecule has 0 spiro atoms. The van der Waals surface area contributed by atoms with Gasteiger partial charge in [-0.25, -0.2) is 0 Å². The highest BCUT2D eigenvalue weighted by Crippen LogP contribution is 2.19. The summed E-state index contributed by atoms with van der Waals surface area (Å²) in [6, 6.07) is 0. The van der Waals surface area contributed by atoms with Gasteiger partial charge < -0.3 is 4.90 Å². The van der Waals surface area contributed by atoms with Crippen molar-refractivity contribution >= 4 is 5.91 Å². The van der Waals surface area contributed by atoms with Gasteiger partial charge in [-0.3, -0.25) is 9.48 Å². The van der Waals surface area contributed by atoms with E-state index in [4.69, 9.17) is 0 Å². The first kappa shape index (κ1) is 11.8. The molecule has 18 heavy (non-hydrogen) atoms. The summed E-state index contributed by atoms with van der Waals surface area (Å²) >= 11 is 0. The van der Waals surface area contributed by atoms with Crippen LogP contribution in [0.4, 0.5) is 0 Å². The fourth-order valence-corrected chi connectivity index (χ4v) is 2.99. The van der Waals surface area contributed by atoms with E-state index in [0.29, 0.717) is 6.54 Å². The number of aryl methyl sites for hydroxylation is 2. The molecule has 4 heteroatoms. The van der Waals surface area contributed by atoms with Crippen LogP contribution in [0.3, 0.4) is 0 Å². The van der Waals surface area contributed by atoms with E-state index in [1.54, 1.807) is 0 Å². The third kappa shape index (κ3) is 2.42. The van der Waals surface area contributed by atoms with Crippen LogP contribution in [-0.4, -0.2) is 33.7 Å². The fourth-order valence-electron chi connectivity index (χ4n) is 2.99. The van der Waals surface area contributed by atoms with Crippen molar-refractivity contribution in [3.8, 4) is 0 Å². The van der Waals surface area contributed by atoms with E-state index < -0.39 is 0 Å². The standard InChI is InChI=1S/C14H21N3O/c18-14(16-8-4-1-5-9-16)11-17-10-12-6-2-3-7-13(12)15-17/h10H,1-9,11H2. The topological polar surface area (TPSA) is 38.1 Å². The minimum Gasteiger partial charge on any atom is -0.341 e. The van der Waals surface area contributed by atoms with Crippen LogP contribution in [0.5, 0.6) is 0 Å². The van der Waals surface area contributed by atoms with Crippen molar-refractivity contribution in [2.75, 3.05) is 13.1 Å². The summed E-state index contributed by atoms with van der Waals surface area (Å²) in [7, 11) is 0. The van der Waals surface area contributed by atoms with Crippen molar-refractivity contribution in [3.63, 3.8) is 0 Å². The average molecular weight is 247 g/mol. The maximum Gasteiger partial charge on any atom is 0.244 e. The third-order valence-electron chi connectivity index (χ3n) is 4.04. The zero-order valence-electron chi connectivity index (χ0n) is 10.9. The van der Waals surface area contributed by atoms with E-state index in [1.165, 1.54) is 30.5 Å². The van der Waals surface area contributed by atoms with Gasteiger partial charge in [0.25, 0.3) is 0 Å². The predicted octanol–water partition coefficient (Wildman–Crippen LogP) is 1.77. The Morgan fingerprint density at radius 3 is 2.67 bits per heavy atom. The van der Waals surface area contributed by atoms with Crippen LogP contribution in [0.25, 0.3) is 0 Å². The highest BCUT2D eigenvalue weighted by molar-refractivity contribution is 5.76. The second-order valence-corrected chi connectivity index (χ2v) is 5.45. The molecular weight excluding hydrogens is 226 g/mol. The number of aromatic nitrogens is 2. The van der Waals surface area contributed by atoms with E-state index in [0.717, 1.165) is 38.8 Å². The van der Waals surface area contributed by atoms with E-state index >= 15 is 0 Å². The van der Waals surface area contributed by atoms with Crippen LogP contribution in [0.15, 0.2) is 6.20 Å². The first-order valence-corrected chi connectivity index (χ1v) is 7.16. The molecule has 1 aromatic rings. The van der Waals surface area contributed by atoms with Gasteiger partial charge in [-0.15, -0.1) is 0 Å². The number of carbonyl (C=O) groups is 1. The van der Waals surface area contributed by atoms with Crippen molar-refractivity contribution in [2.45, 2.75) is 51.5 Å². The molecule has 98 valence electrons. The van der Waals surface area contributed by atoms with Gasteiger partial charge in [-0.2, -0.15) is 5.10 Å². The average Bonchev–Trinajstić information content (AvgIpc) is 2.82. The number of carbonyl (C=O) groups excluding carboxylic acids is 1. The number of likely N-dealkylation sites (tertiary alicyclic amines) is 1. The van der Waals surface area contributed by atoms with E-state index in [2.05, 4.69) is 11.3 Å². The minimum absolute atomic E-state index is 0.231. The van der Waals surface area contributed by atoms with E-state index in [1.807, 2.05) is 9.58 Å². The van der Waals surface area contributed by atoms with Gasteiger partial charge in [0.05, 0.1) is 5.69 Å². The lowest BCUT2D eigenvalue weighted by molar-refractivity contribution is -0.132. The van der Waals surface area contributed by atoms with Gasteiger partial charge in [0.1, 0.15) is 6.54 Å². The smallest absolute Gasteiger partial charge is 0.244 e. The molecule has 0 unspecified atom stereocenters. The summed E-state index contributed by atoms with van der Waals surface area (Å²) in [5.74, 6) is 0.231. The normalized spacial score (nSPS) is 19.7. The van der Waals surface area contributed by atoms with Gasteiger partial charge in [-0.1, -0.05) is 0 Å². The summed E-state index contributed by atoms with van der Waals surface area (Å²) in [5, 5.41) is 4.55. The van der Waals surface area contributed by atoms with Gasteiger partial charge in [0.2, 0.25) is 5.91 Å². The summed E-state index contributed by atoms with van der Waals surface area (Å²) < 4.78 is 1.85. The molecule has 2 heterocycles. The first-order valence-electron chi connectivity index (χ1n) is 7.16. The van der Waals surface area contributed by atoms with Crippen molar-refractivity contribution < 1.29 is 4.79 Å². The van der Waals surface area contributed by atoms with Gasteiger partial charge in [0.15, 0.2) is 0 Å². The van der Waals surface area contributed by atoms with Crippen LogP contribution in [0.1, 0.15) is 43.4 Å². The summed E-state index contributed by atoms with van der Waals surface area (Å²) in [6.45, 7) is 2.28. The second-order valence-electron chi connectivity index (χ2n) is 5.45. The number of amides is 1. The molecule has 1 aromatic heterocycles. The maximum atomic E-state index is 12.1. The van der Waals surface area contributed by atoms with Crippen molar-refractivity contribution in [1.82, 2.24) is 14.7 Å². The van der Waals surface area contributed by atoms with Crippen LogP contribution in [-0.2, 0) is 24.2 Å². The fraction of sp³-hybridized carbons (Fsp3) is 0.714. The Kier molecular flexibility index (Phi) is 3.35. The zero-order chi connectivity index (χ0) is 12.4. The highest BCUT2D eigenvalue weighted by Gasteiger charge is 2.19. The lowest BCUT2D eigenvalue weighted by Gasteiger charge is -2.26. The van der Waals surface area contributed by atoms with Gasteiger partial charge in [-0.05, 0) is 50.5 Å². The van der Waals surface area contributed by atoms with Crippen LogP contribution >= 0.6 is 0 Å². The molecule has 0 aromatic carbocycles. The Balaban J connectivity index is 1.64. The predicted molar refractivity (Wildman–Crippen MR) is 69.3 cm³/mol. The van der Waals surface area contributed by atoms with E-state index in [9.17, 15) is 4.79 Å². The van der Waals surface area contributed by atoms with Crippen LogP contribution in [0, 0.1) is 0 Å². The Morgan fingerprint density at radius 2 is 1.89 bits per heavy atom. The molecule has 1 aliphatic carbocycles. The molecule has 2 aliphatic rings. The summed E-state index contributed by atoms with van der Waals surface area (Å²) in [6.07, 6.45) is 10.4. The highest BCUT2D eigenvalue weighted by atomic mass is 16.2. The Morgan fingerprint density at radius 1 is 1.11 bits per heavy atom. The number of fused-ring (bicyclic) bond motifs is 1. The molecule has 0 N–H and O–H groups in total. The van der Waals surface area contributed by atoms with Gasteiger partial charge >= 0.3 is 0 Å². The molecule has 3 rings (SSSR count). The second kappa shape index (κ2) is 5.12. The summed E-state index contributed by atoms with van der Waals surface area (Å²) in [4.78, 5) is 14.1. The van der Waals surface area contributed by atoms with Gasteiger partial charge in [0, 0.05) is 19.3 Å². The van der Waals surface area contributed by atoms with Crippen LogP contribution < -0.4 is 0 Å². The lowest BCUT2D eigenvalue weighted by Crippen LogP contribution is -2.37. The van der Waals surface area contributed by atoms with E-state index in [-0.39, 0.29) is 5.91 Å². The molecule has 1 saturated heterocycles. The molecule has 1 amide bonds. The zero-order valence-corrected chi connectivity index (χ0v) is 10.9.